The third kappa shape index (κ3) is 6.47. The average Bonchev–Trinajstić information content (AvgIpc) is 2.86. The molecule has 3 N–H and O–H groups in total. The molecule has 6 heteroatoms. The van der Waals surface area contributed by atoms with E-state index in [4.69, 9.17) is 5.73 Å². The van der Waals surface area contributed by atoms with Crippen molar-refractivity contribution < 1.29 is 0 Å². The summed E-state index contributed by atoms with van der Waals surface area (Å²) in [5.74, 6) is 0.851. The van der Waals surface area contributed by atoms with Crippen molar-refractivity contribution in [2.45, 2.75) is 67.9 Å². The van der Waals surface area contributed by atoms with Gasteiger partial charge in [-0.3, -0.25) is 4.90 Å². The Morgan fingerprint density at radius 1 is 0.921 bits per heavy atom. The summed E-state index contributed by atoms with van der Waals surface area (Å²) in [4.78, 5) is 5.14. The van der Waals surface area contributed by atoms with Crippen LogP contribution in [0.25, 0.3) is 10.8 Å². The third-order valence-corrected chi connectivity index (χ3v) is 8.31. The van der Waals surface area contributed by atoms with E-state index in [-0.39, 0.29) is 16.9 Å². The van der Waals surface area contributed by atoms with Gasteiger partial charge in [0.1, 0.15) is 0 Å². The van der Waals surface area contributed by atoms with Gasteiger partial charge in [0, 0.05) is 49.2 Å². The fourth-order valence-corrected chi connectivity index (χ4v) is 6.30. The van der Waals surface area contributed by atoms with Crippen LogP contribution in [-0.4, -0.2) is 54.4 Å². The van der Waals surface area contributed by atoms with Crippen molar-refractivity contribution in [3.63, 3.8) is 0 Å². The second-order valence-electron chi connectivity index (χ2n) is 13.0. The molecule has 6 nitrogen and oxygen atoms in total. The minimum Gasteiger partial charge on any atom is -0.369 e. The summed E-state index contributed by atoms with van der Waals surface area (Å²) in [7, 11) is 0. The van der Waals surface area contributed by atoms with Crippen molar-refractivity contribution >= 4 is 22.3 Å². The number of aromatic nitrogens is 2. The van der Waals surface area contributed by atoms with Crippen LogP contribution in [0.5, 0.6) is 0 Å². The maximum Gasteiger partial charge on any atom is 0.157 e. The number of aryl methyl sites for hydroxylation is 2. The highest BCUT2D eigenvalue weighted by molar-refractivity contribution is 5.95. The molecule has 0 radical (unpaired) electrons. The Kier molecular flexibility index (Phi) is 8.34. The highest BCUT2D eigenvalue weighted by atomic mass is 15.3. The van der Waals surface area contributed by atoms with Gasteiger partial charge in [0.05, 0.1) is 11.7 Å². The van der Waals surface area contributed by atoms with Crippen molar-refractivity contribution in [1.82, 2.24) is 15.1 Å². The molecular formula is C32H48N6. The zero-order valence-electron chi connectivity index (χ0n) is 24.9. The number of hydrogen-bond donors (Lipinski definition) is 2. The van der Waals surface area contributed by atoms with Crippen LogP contribution in [0.15, 0.2) is 36.4 Å². The predicted molar refractivity (Wildman–Crippen MR) is 162 cm³/mol. The lowest BCUT2D eigenvalue weighted by Crippen LogP contribution is -2.49. The van der Waals surface area contributed by atoms with E-state index in [0.29, 0.717) is 0 Å². The zero-order chi connectivity index (χ0) is 27.7. The Bertz CT molecular complexity index is 1260. The van der Waals surface area contributed by atoms with Crippen LogP contribution >= 0.6 is 0 Å². The van der Waals surface area contributed by atoms with Gasteiger partial charge >= 0.3 is 0 Å². The van der Waals surface area contributed by atoms with E-state index in [1.54, 1.807) is 0 Å². The summed E-state index contributed by atoms with van der Waals surface area (Å²) in [6.45, 7) is 24.0. The monoisotopic (exact) mass is 516 g/mol. The van der Waals surface area contributed by atoms with E-state index >= 15 is 0 Å². The van der Waals surface area contributed by atoms with Crippen LogP contribution in [0.2, 0.25) is 0 Å². The lowest BCUT2D eigenvalue weighted by atomic mass is 9.75. The summed E-state index contributed by atoms with van der Waals surface area (Å²) in [5, 5.41) is 15.0. The molecule has 1 saturated heterocycles. The number of benzene rings is 2. The van der Waals surface area contributed by atoms with Gasteiger partial charge in [0.15, 0.2) is 5.82 Å². The van der Waals surface area contributed by atoms with E-state index in [9.17, 15) is 0 Å². The Morgan fingerprint density at radius 2 is 1.63 bits per heavy atom. The Balaban J connectivity index is 1.49. The SMILES string of the molecule is Cc1cccc(C(C)Nc2nnc(C)c3ccc(N4CCN(CC(C)(C)CC(C)(C)CN)CC4)cc23)c1C. The van der Waals surface area contributed by atoms with Gasteiger partial charge in [0.25, 0.3) is 0 Å². The van der Waals surface area contributed by atoms with E-state index in [1.807, 2.05) is 6.92 Å². The standard InChI is InChI=1S/C32H48N6/c1-22-10-9-11-27(23(22)2)24(3)34-30-29-18-26(12-13-28(29)25(4)35-36-30)38-16-14-37(15-17-38)21-32(7,8)19-31(5,6)20-33/h9-13,18,24H,14-17,19-21,33H2,1-8H3,(H,34,36). The summed E-state index contributed by atoms with van der Waals surface area (Å²) in [6.07, 6.45) is 1.14. The van der Waals surface area contributed by atoms with Crippen LogP contribution in [0.1, 0.15) is 69.5 Å². The van der Waals surface area contributed by atoms with Crippen LogP contribution in [-0.2, 0) is 0 Å². The smallest absolute Gasteiger partial charge is 0.157 e. The second kappa shape index (κ2) is 11.2. The molecule has 1 aromatic heterocycles. The molecule has 38 heavy (non-hydrogen) atoms. The first-order valence-electron chi connectivity index (χ1n) is 14.2. The van der Waals surface area contributed by atoms with Gasteiger partial charge in [-0.15, -0.1) is 5.10 Å². The first kappa shape index (κ1) is 28.3. The maximum atomic E-state index is 6.02. The Hall–Kier alpha value is -2.70. The number of piperazine rings is 1. The highest BCUT2D eigenvalue weighted by Gasteiger charge is 2.31. The van der Waals surface area contributed by atoms with Gasteiger partial charge < -0.3 is 16.0 Å². The number of hydrogen-bond acceptors (Lipinski definition) is 6. The molecular weight excluding hydrogens is 468 g/mol. The van der Waals surface area contributed by atoms with Crippen LogP contribution < -0.4 is 16.0 Å². The topological polar surface area (TPSA) is 70.3 Å². The largest absolute Gasteiger partial charge is 0.369 e. The molecule has 1 aliphatic rings. The molecule has 206 valence electrons. The molecule has 2 aromatic carbocycles. The molecule has 3 aromatic rings. The summed E-state index contributed by atoms with van der Waals surface area (Å²) in [5.41, 5.74) is 12.6. The van der Waals surface area contributed by atoms with Crippen molar-refractivity contribution in [2.75, 3.05) is 49.5 Å². The normalized spacial score (nSPS) is 16.2. The fourth-order valence-electron chi connectivity index (χ4n) is 6.30. The maximum absolute atomic E-state index is 6.02. The van der Waals surface area contributed by atoms with Gasteiger partial charge in [0.2, 0.25) is 0 Å². The number of anilines is 2. The molecule has 0 bridgehead atoms. The van der Waals surface area contributed by atoms with Crippen molar-refractivity contribution in [3.8, 4) is 0 Å². The quantitative estimate of drug-likeness (QED) is 0.350. The van der Waals surface area contributed by atoms with E-state index < -0.39 is 0 Å². The fraction of sp³-hybridized carbons (Fsp3) is 0.562. The first-order valence-corrected chi connectivity index (χ1v) is 14.2. The number of rotatable bonds is 9. The summed E-state index contributed by atoms with van der Waals surface area (Å²) in [6, 6.07) is 13.4. The lowest BCUT2D eigenvalue weighted by molar-refractivity contribution is 0.120. The molecule has 0 amide bonds. The zero-order valence-corrected chi connectivity index (χ0v) is 24.9. The first-order chi connectivity index (χ1) is 17.9. The van der Waals surface area contributed by atoms with E-state index in [2.05, 4.69) is 110 Å². The number of nitrogens with two attached hydrogens (primary N) is 1. The molecule has 1 atom stereocenters. The summed E-state index contributed by atoms with van der Waals surface area (Å²) >= 11 is 0. The lowest BCUT2D eigenvalue weighted by Gasteiger charge is -2.42. The van der Waals surface area contributed by atoms with Gasteiger partial charge in [-0.25, -0.2) is 0 Å². The number of fused-ring (bicyclic) bond motifs is 1. The minimum absolute atomic E-state index is 0.134. The van der Waals surface area contributed by atoms with Crippen molar-refractivity contribution in [2.24, 2.45) is 16.6 Å². The minimum atomic E-state index is 0.134. The summed E-state index contributed by atoms with van der Waals surface area (Å²) < 4.78 is 0. The molecule has 1 aliphatic heterocycles. The second-order valence-corrected chi connectivity index (χ2v) is 13.0. The van der Waals surface area contributed by atoms with Crippen LogP contribution in [0.4, 0.5) is 11.5 Å². The third-order valence-electron chi connectivity index (χ3n) is 8.31. The molecule has 0 saturated carbocycles. The van der Waals surface area contributed by atoms with E-state index in [1.165, 1.54) is 22.4 Å². The molecule has 4 rings (SSSR count). The van der Waals surface area contributed by atoms with Crippen molar-refractivity contribution in [1.29, 1.82) is 0 Å². The Morgan fingerprint density at radius 3 is 2.32 bits per heavy atom. The molecule has 1 unspecified atom stereocenters. The highest BCUT2D eigenvalue weighted by Crippen LogP contribution is 2.35. The Labute approximate surface area is 230 Å². The molecule has 1 fully saturated rings. The van der Waals surface area contributed by atoms with E-state index in [0.717, 1.165) is 68.0 Å². The van der Waals surface area contributed by atoms with Crippen LogP contribution in [0, 0.1) is 31.6 Å². The molecule has 2 heterocycles. The predicted octanol–water partition coefficient (Wildman–Crippen LogP) is 6.25. The molecule has 0 aliphatic carbocycles. The average molecular weight is 517 g/mol. The van der Waals surface area contributed by atoms with Gasteiger partial charge in [-0.1, -0.05) is 52.0 Å². The van der Waals surface area contributed by atoms with Crippen molar-refractivity contribution in [3.05, 3.63) is 58.8 Å². The van der Waals surface area contributed by atoms with Crippen LogP contribution in [0.3, 0.4) is 0 Å². The molecule has 0 spiro atoms. The van der Waals surface area contributed by atoms with Gasteiger partial charge in [-0.2, -0.15) is 5.10 Å². The number of nitrogens with zero attached hydrogens (tertiary/aromatic N) is 4. The van der Waals surface area contributed by atoms with Gasteiger partial charge in [-0.05, 0) is 80.3 Å². The number of nitrogens with one attached hydrogen (secondary N) is 1.